The van der Waals surface area contributed by atoms with Gasteiger partial charge in [0.25, 0.3) is 0 Å². The van der Waals surface area contributed by atoms with E-state index < -0.39 is 0 Å². The summed E-state index contributed by atoms with van der Waals surface area (Å²) in [4.78, 5) is 17.5. The van der Waals surface area contributed by atoms with Crippen molar-refractivity contribution < 1.29 is 5.11 Å². The van der Waals surface area contributed by atoms with Crippen molar-refractivity contribution in [3.8, 4) is 50.8 Å². The Bertz CT molecular complexity index is 2640. The molecule has 0 saturated carbocycles. The molecular weight excluding hydrogens is 685 g/mol. The van der Waals surface area contributed by atoms with Gasteiger partial charge in [0.1, 0.15) is 11.6 Å². The van der Waals surface area contributed by atoms with Gasteiger partial charge in [-0.3, -0.25) is 4.90 Å². The Balaban J connectivity index is 1.42. The molecule has 8 rings (SSSR count). The van der Waals surface area contributed by atoms with Crippen LogP contribution in [0.3, 0.4) is 0 Å². The minimum Gasteiger partial charge on any atom is -0.507 e. The molecule has 6 aromatic carbocycles. The third-order valence-corrected chi connectivity index (χ3v) is 10.3. The number of para-hydroxylation sites is 1. The molecule has 0 aliphatic rings. The minimum atomic E-state index is -0.0815. The molecule has 5 nitrogen and oxygen atoms in total. The molecule has 2 heterocycles. The molecule has 5 heteroatoms. The van der Waals surface area contributed by atoms with Crippen LogP contribution in [-0.2, 0) is 10.8 Å². The maximum atomic E-state index is 11.1. The summed E-state index contributed by atoms with van der Waals surface area (Å²) in [6, 6.07) is 54.1. The van der Waals surface area contributed by atoms with Crippen LogP contribution >= 0.6 is 0 Å². The Morgan fingerprint density at radius 3 is 1.79 bits per heavy atom. The number of fused-ring (bicyclic) bond motifs is 1. The van der Waals surface area contributed by atoms with E-state index in [1.165, 1.54) is 11.1 Å². The van der Waals surface area contributed by atoms with Gasteiger partial charge in [-0.15, -0.1) is 0 Å². The first-order chi connectivity index (χ1) is 26.9. The summed E-state index contributed by atoms with van der Waals surface area (Å²) in [7, 11) is 0. The Kier molecular flexibility index (Phi) is 9.47. The number of benzene rings is 6. The number of pyridine rings is 1. The van der Waals surface area contributed by atoms with Gasteiger partial charge in [-0.2, -0.15) is 0 Å². The van der Waals surface area contributed by atoms with Crippen molar-refractivity contribution >= 4 is 28.0 Å². The van der Waals surface area contributed by atoms with Crippen molar-refractivity contribution in [1.29, 1.82) is 0 Å². The number of aromatic hydroxyl groups is 1. The van der Waals surface area contributed by atoms with Gasteiger partial charge in [0.2, 0.25) is 0 Å². The van der Waals surface area contributed by atoms with E-state index in [-0.39, 0.29) is 16.6 Å². The first kappa shape index (κ1) is 36.4. The number of hydrogen-bond donors (Lipinski definition) is 1. The topological polar surface area (TPSA) is 62.1 Å². The zero-order chi connectivity index (χ0) is 39.0. The first-order valence-corrected chi connectivity index (χ1v) is 19.2. The van der Waals surface area contributed by atoms with Gasteiger partial charge >= 0.3 is 0 Å². The van der Waals surface area contributed by atoms with Crippen molar-refractivity contribution in [1.82, 2.24) is 15.0 Å². The van der Waals surface area contributed by atoms with Crippen LogP contribution in [0.1, 0.15) is 52.7 Å². The molecule has 2 aromatic heterocycles. The monoisotopic (exact) mass is 730 g/mol. The molecule has 0 bridgehead atoms. The maximum absolute atomic E-state index is 11.1. The number of nitrogens with zero attached hydrogens (tertiary/aromatic N) is 4. The second kappa shape index (κ2) is 14.6. The van der Waals surface area contributed by atoms with Gasteiger partial charge in [-0.05, 0) is 105 Å². The predicted molar refractivity (Wildman–Crippen MR) is 233 cm³/mol. The molecule has 0 unspecified atom stereocenters. The average molecular weight is 731 g/mol. The van der Waals surface area contributed by atoms with Gasteiger partial charge in [-0.1, -0.05) is 133 Å². The highest BCUT2D eigenvalue weighted by Gasteiger charge is 2.24. The summed E-state index contributed by atoms with van der Waals surface area (Å²) < 4.78 is 0. The molecule has 0 spiro atoms. The van der Waals surface area contributed by atoms with Gasteiger partial charge < -0.3 is 5.11 Å². The SMILES string of the molecule is CC(C)(C)c1cc(-c2cc(-c3cc(-c4ccccc4)cc(N(c4ccccn4)c4cccc5ccccc45)c3)nc(-c3ccccc3O)n2)cc(C(C)(C)C)c1. The number of phenols is 1. The zero-order valence-corrected chi connectivity index (χ0v) is 32.8. The molecule has 0 fully saturated rings. The number of hydrogen-bond acceptors (Lipinski definition) is 5. The van der Waals surface area contributed by atoms with Crippen LogP contribution in [-0.4, -0.2) is 20.1 Å². The molecule has 1 N–H and O–H groups in total. The van der Waals surface area contributed by atoms with Gasteiger partial charge in [0, 0.05) is 28.4 Å². The van der Waals surface area contributed by atoms with Gasteiger partial charge in [-0.25, -0.2) is 15.0 Å². The highest BCUT2D eigenvalue weighted by atomic mass is 16.3. The summed E-state index contributed by atoms with van der Waals surface area (Å²) in [6.45, 7) is 13.5. The number of rotatable bonds is 7. The molecule has 56 heavy (non-hydrogen) atoms. The van der Waals surface area contributed by atoms with E-state index in [2.05, 4.69) is 156 Å². The van der Waals surface area contributed by atoms with Crippen LogP contribution in [0, 0.1) is 0 Å². The highest BCUT2D eigenvalue weighted by molar-refractivity contribution is 5.99. The summed E-state index contributed by atoms with van der Waals surface area (Å²) in [5.41, 5.74) is 10.4. The number of aromatic nitrogens is 3. The normalized spacial score (nSPS) is 11.8. The standard InChI is InChI=1S/C51H46N4O/c1-50(2,3)39-28-38(29-40(32-39)51(4,5)6)45-33-44(53-49(54-45)43-22-12-13-24-47(43)56)37-27-36(34-17-8-7-9-18-34)30-41(31-37)55(48-25-14-15-26-52-48)46-23-16-20-35-19-10-11-21-42(35)46/h7-33,56H,1-6H3. The molecule has 0 atom stereocenters. The largest absolute Gasteiger partial charge is 0.507 e. The molecule has 0 aliphatic carbocycles. The predicted octanol–water partition coefficient (Wildman–Crippen LogP) is 13.5. The van der Waals surface area contributed by atoms with Crippen molar-refractivity contribution in [2.24, 2.45) is 0 Å². The Hall–Kier alpha value is -6.59. The molecule has 0 amide bonds. The second-order valence-corrected chi connectivity index (χ2v) is 16.4. The quantitative estimate of drug-likeness (QED) is 0.177. The van der Waals surface area contributed by atoms with Crippen LogP contribution in [0.15, 0.2) is 164 Å². The Morgan fingerprint density at radius 2 is 1.11 bits per heavy atom. The van der Waals surface area contributed by atoms with Crippen LogP contribution in [0.5, 0.6) is 5.75 Å². The van der Waals surface area contributed by atoms with E-state index in [1.54, 1.807) is 6.07 Å². The zero-order valence-electron chi connectivity index (χ0n) is 32.8. The lowest BCUT2D eigenvalue weighted by Gasteiger charge is -2.27. The maximum Gasteiger partial charge on any atom is 0.164 e. The summed E-state index contributed by atoms with van der Waals surface area (Å²) >= 11 is 0. The van der Waals surface area contributed by atoms with Gasteiger partial charge in [0.05, 0.1) is 22.6 Å². The summed E-state index contributed by atoms with van der Waals surface area (Å²) in [6.07, 6.45) is 1.84. The fourth-order valence-corrected chi connectivity index (χ4v) is 7.14. The molecular formula is C51H46N4O. The third-order valence-electron chi connectivity index (χ3n) is 10.3. The van der Waals surface area contributed by atoms with Crippen molar-refractivity contribution in [3.05, 3.63) is 175 Å². The Labute approximate surface area is 330 Å². The van der Waals surface area contributed by atoms with E-state index in [1.807, 2.05) is 48.7 Å². The molecule has 0 radical (unpaired) electrons. The van der Waals surface area contributed by atoms with E-state index in [0.29, 0.717) is 11.4 Å². The van der Waals surface area contributed by atoms with Crippen molar-refractivity contribution in [3.63, 3.8) is 0 Å². The molecule has 8 aromatic rings. The smallest absolute Gasteiger partial charge is 0.164 e. The second-order valence-electron chi connectivity index (χ2n) is 16.4. The van der Waals surface area contributed by atoms with E-state index in [9.17, 15) is 5.11 Å². The molecule has 0 saturated heterocycles. The number of phenolic OH excluding ortho intramolecular Hbond substituents is 1. The van der Waals surface area contributed by atoms with E-state index >= 15 is 0 Å². The van der Waals surface area contributed by atoms with Crippen LogP contribution in [0.2, 0.25) is 0 Å². The van der Waals surface area contributed by atoms with Crippen LogP contribution in [0.4, 0.5) is 17.2 Å². The summed E-state index contributed by atoms with van der Waals surface area (Å²) in [5, 5.41) is 13.4. The van der Waals surface area contributed by atoms with E-state index in [0.717, 1.165) is 61.6 Å². The molecule has 276 valence electrons. The van der Waals surface area contributed by atoms with Crippen molar-refractivity contribution in [2.45, 2.75) is 52.4 Å². The summed E-state index contributed by atoms with van der Waals surface area (Å²) in [5.74, 6) is 1.38. The highest BCUT2D eigenvalue weighted by Crippen LogP contribution is 2.42. The van der Waals surface area contributed by atoms with E-state index in [4.69, 9.17) is 15.0 Å². The lowest BCUT2D eigenvalue weighted by Crippen LogP contribution is -2.16. The first-order valence-electron chi connectivity index (χ1n) is 19.2. The van der Waals surface area contributed by atoms with Gasteiger partial charge in [0.15, 0.2) is 5.82 Å². The minimum absolute atomic E-state index is 0.0815. The van der Waals surface area contributed by atoms with Crippen molar-refractivity contribution in [2.75, 3.05) is 4.90 Å². The Morgan fingerprint density at radius 1 is 0.500 bits per heavy atom. The van der Waals surface area contributed by atoms with Crippen LogP contribution < -0.4 is 4.90 Å². The average Bonchev–Trinajstić information content (AvgIpc) is 3.21. The fourth-order valence-electron chi connectivity index (χ4n) is 7.14. The fraction of sp³-hybridized carbons (Fsp3) is 0.157. The molecule has 0 aliphatic heterocycles. The third kappa shape index (κ3) is 7.41. The number of anilines is 3. The lowest BCUT2D eigenvalue weighted by atomic mass is 9.79. The lowest BCUT2D eigenvalue weighted by molar-refractivity contribution is 0.477. The van der Waals surface area contributed by atoms with Crippen LogP contribution in [0.25, 0.3) is 55.8 Å².